The van der Waals surface area contributed by atoms with E-state index in [1.54, 1.807) is 64.4 Å². The molecule has 6 nitrogen and oxygen atoms in total. The van der Waals surface area contributed by atoms with Gasteiger partial charge < -0.3 is 14.9 Å². The fourth-order valence-corrected chi connectivity index (χ4v) is 4.95. The highest BCUT2D eigenvalue weighted by Gasteiger charge is 2.42. The molecule has 0 fully saturated rings. The van der Waals surface area contributed by atoms with Gasteiger partial charge in [0.05, 0.1) is 17.3 Å². The van der Waals surface area contributed by atoms with Crippen molar-refractivity contribution < 1.29 is 19.5 Å². The smallest absolute Gasteiger partial charge is 0.303 e. The Morgan fingerprint density at radius 1 is 1.00 bits per heavy atom. The number of hydrogen-bond donors (Lipinski definition) is 1. The van der Waals surface area contributed by atoms with Gasteiger partial charge >= 0.3 is 5.97 Å². The van der Waals surface area contributed by atoms with Crippen molar-refractivity contribution in [3.63, 3.8) is 0 Å². The highest BCUT2D eigenvalue weighted by molar-refractivity contribution is 6.30. The molecule has 38 heavy (non-hydrogen) atoms. The van der Waals surface area contributed by atoms with E-state index in [2.05, 4.69) is 5.92 Å². The van der Waals surface area contributed by atoms with E-state index in [9.17, 15) is 14.4 Å². The summed E-state index contributed by atoms with van der Waals surface area (Å²) < 4.78 is 0. The third-order valence-electron chi connectivity index (χ3n) is 6.67. The molecule has 3 aromatic rings. The maximum absolute atomic E-state index is 14.3. The lowest BCUT2D eigenvalue weighted by molar-refractivity contribution is -0.137. The predicted molar refractivity (Wildman–Crippen MR) is 148 cm³/mol. The Labute approximate surface area is 231 Å². The van der Waals surface area contributed by atoms with Gasteiger partial charge in [0.1, 0.15) is 6.04 Å². The number of nitrogens with zero attached hydrogens (tertiary/aromatic N) is 2. The van der Waals surface area contributed by atoms with Crippen molar-refractivity contribution in [1.29, 1.82) is 0 Å². The van der Waals surface area contributed by atoms with Gasteiger partial charge in [0.2, 0.25) is 0 Å². The number of aliphatic carboxylic acids is 1. The van der Waals surface area contributed by atoms with Gasteiger partial charge in [0, 0.05) is 28.6 Å². The lowest BCUT2D eigenvalue weighted by atomic mass is 9.98. The van der Waals surface area contributed by atoms with Gasteiger partial charge in [-0.15, -0.1) is 6.42 Å². The summed E-state index contributed by atoms with van der Waals surface area (Å²) in [4.78, 5) is 42.8. The number of rotatable bonds is 8. The van der Waals surface area contributed by atoms with E-state index >= 15 is 0 Å². The number of carbonyl (C=O) groups excluding carboxylic acids is 2. The van der Waals surface area contributed by atoms with Gasteiger partial charge in [-0.1, -0.05) is 53.4 Å². The van der Waals surface area contributed by atoms with Crippen molar-refractivity contribution in [1.82, 2.24) is 4.90 Å². The van der Waals surface area contributed by atoms with Crippen molar-refractivity contribution in [3.8, 4) is 12.3 Å². The molecule has 0 spiro atoms. The van der Waals surface area contributed by atoms with E-state index in [4.69, 9.17) is 34.7 Å². The summed E-state index contributed by atoms with van der Waals surface area (Å²) in [5, 5.41) is 10.1. The van der Waals surface area contributed by atoms with Crippen LogP contribution in [0.3, 0.4) is 0 Å². The highest BCUT2D eigenvalue weighted by atomic mass is 35.5. The average Bonchev–Trinajstić information content (AvgIpc) is 2.99. The molecule has 0 radical (unpaired) electrons. The second kappa shape index (κ2) is 11.7. The van der Waals surface area contributed by atoms with Crippen LogP contribution in [0, 0.1) is 12.3 Å². The minimum atomic E-state index is -0.966. The molecule has 0 aromatic heterocycles. The normalized spacial score (nSPS) is 16.0. The van der Waals surface area contributed by atoms with Crippen LogP contribution in [0.5, 0.6) is 0 Å². The molecule has 1 heterocycles. The van der Waals surface area contributed by atoms with Crippen molar-refractivity contribution >= 4 is 46.7 Å². The summed E-state index contributed by atoms with van der Waals surface area (Å²) in [6.45, 7) is 2.11. The molecular weight excluding hydrogens is 523 g/mol. The molecule has 0 saturated carbocycles. The van der Waals surface area contributed by atoms with Crippen LogP contribution in [0.25, 0.3) is 0 Å². The Morgan fingerprint density at radius 3 is 2.24 bits per heavy atom. The second-order valence-corrected chi connectivity index (χ2v) is 9.98. The fourth-order valence-electron chi connectivity index (χ4n) is 4.70. The van der Waals surface area contributed by atoms with Crippen molar-refractivity contribution in [2.45, 2.75) is 38.3 Å². The number of benzene rings is 3. The molecule has 1 aliphatic rings. The Balaban J connectivity index is 1.88. The van der Waals surface area contributed by atoms with E-state index < -0.39 is 18.1 Å². The van der Waals surface area contributed by atoms with Gasteiger partial charge in [-0.25, -0.2) is 0 Å². The molecule has 1 N–H and O–H groups in total. The van der Waals surface area contributed by atoms with Gasteiger partial charge in [-0.3, -0.25) is 14.4 Å². The lowest BCUT2D eigenvalue weighted by Crippen LogP contribution is -2.44. The number of carbonyl (C=O) groups is 3. The molecule has 3 aromatic carbocycles. The third kappa shape index (κ3) is 5.70. The zero-order chi connectivity index (χ0) is 27.4. The Morgan fingerprint density at radius 2 is 1.63 bits per heavy atom. The number of unbranched alkanes of at least 4 members (excludes halogenated alkanes) is 1. The van der Waals surface area contributed by atoms with Crippen molar-refractivity contribution in [3.05, 3.63) is 99.0 Å². The maximum Gasteiger partial charge on any atom is 0.303 e. The van der Waals surface area contributed by atoms with Gasteiger partial charge in [0.15, 0.2) is 0 Å². The number of fused-ring (bicyclic) bond motifs is 1. The van der Waals surface area contributed by atoms with Crippen molar-refractivity contribution in [2.75, 3.05) is 11.4 Å². The fraction of sp³-hybridized carbons (Fsp3) is 0.233. The molecular formula is C30H26Cl2N2O4. The third-order valence-corrected chi connectivity index (χ3v) is 7.18. The summed E-state index contributed by atoms with van der Waals surface area (Å²) >= 11 is 12.3. The Hall–Kier alpha value is -3.79. The quantitative estimate of drug-likeness (QED) is 0.256. The van der Waals surface area contributed by atoms with Crippen LogP contribution in [-0.4, -0.2) is 34.3 Å². The molecule has 0 saturated heterocycles. The van der Waals surface area contributed by atoms with Crippen LogP contribution in [0.15, 0.2) is 66.7 Å². The molecule has 4 rings (SSSR count). The molecule has 194 valence electrons. The van der Waals surface area contributed by atoms with E-state index in [0.29, 0.717) is 45.3 Å². The monoisotopic (exact) mass is 548 g/mol. The van der Waals surface area contributed by atoms with E-state index in [0.717, 1.165) is 5.56 Å². The summed E-state index contributed by atoms with van der Waals surface area (Å²) in [5.41, 5.74) is 2.68. The summed E-state index contributed by atoms with van der Waals surface area (Å²) in [5.74, 6) is 1.02. The first kappa shape index (κ1) is 27.3. The van der Waals surface area contributed by atoms with E-state index in [-0.39, 0.29) is 24.8 Å². The Bertz CT molecular complexity index is 1400. The largest absolute Gasteiger partial charge is 0.481 e. The van der Waals surface area contributed by atoms with Crippen LogP contribution in [0.4, 0.5) is 5.69 Å². The molecule has 2 atom stereocenters. The number of halogens is 2. The minimum Gasteiger partial charge on any atom is -0.481 e. The SMILES string of the molecule is C#Cc1ccc2c(c1)C(=O)N([C@H](C)c1ccc(Cl)cc1)C(c1ccc(Cl)cc1)C(=O)N2CCCCC(=O)O. The van der Waals surface area contributed by atoms with E-state index in [1.807, 2.05) is 19.1 Å². The first-order valence-electron chi connectivity index (χ1n) is 12.2. The molecule has 8 heteroatoms. The second-order valence-electron chi connectivity index (χ2n) is 9.11. The predicted octanol–water partition coefficient (Wildman–Crippen LogP) is 6.52. The first-order valence-corrected chi connectivity index (χ1v) is 12.9. The zero-order valence-corrected chi connectivity index (χ0v) is 22.2. The van der Waals surface area contributed by atoms with Gasteiger partial charge in [0.25, 0.3) is 11.8 Å². The number of carboxylic acids is 1. The molecule has 1 unspecified atom stereocenters. The van der Waals surface area contributed by atoms with Crippen LogP contribution in [0.2, 0.25) is 10.0 Å². The highest BCUT2D eigenvalue weighted by Crippen LogP contribution is 2.40. The average molecular weight is 549 g/mol. The summed E-state index contributed by atoms with van der Waals surface area (Å²) in [6.07, 6.45) is 6.48. The number of carboxylic acid groups (broad SMARTS) is 1. The van der Waals surface area contributed by atoms with Gasteiger partial charge in [-0.2, -0.15) is 0 Å². The number of amides is 2. The van der Waals surface area contributed by atoms with Crippen LogP contribution >= 0.6 is 23.2 Å². The molecule has 1 aliphatic heterocycles. The standard InChI is InChI=1S/C30H26Cl2N2O4/c1-3-20-7-16-26-25(18-20)29(37)34(19(2)21-8-12-23(31)13-9-21)28(22-10-14-24(32)15-11-22)30(38)33(26)17-5-4-6-27(35)36/h1,7-16,18-19,28H,4-6,17H2,2H3,(H,35,36)/t19-,28?/m1/s1. The molecule has 2 amide bonds. The maximum atomic E-state index is 14.3. The summed E-state index contributed by atoms with van der Waals surface area (Å²) in [6, 6.07) is 17.5. The zero-order valence-electron chi connectivity index (χ0n) is 20.7. The van der Waals surface area contributed by atoms with Crippen LogP contribution in [-0.2, 0) is 9.59 Å². The first-order chi connectivity index (χ1) is 18.2. The minimum absolute atomic E-state index is 0.00973. The van der Waals surface area contributed by atoms with Gasteiger partial charge in [-0.05, 0) is 73.4 Å². The number of hydrogen-bond acceptors (Lipinski definition) is 3. The van der Waals surface area contributed by atoms with Crippen LogP contribution in [0.1, 0.15) is 65.3 Å². The topological polar surface area (TPSA) is 77.9 Å². The number of anilines is 1. The molecule has 0 bridgehead atoms. The van der Waals surface area contributed by atoms with Crippen molar-refractivity contribution in [2.24, 2.45) is 0 Å². The lowest BCUT2D eigenvalue weighted by Gasteiger charge is -2.36. The van der Waals surface area contributed by atoms with Crippen LogP contribution < -0.4 is 4.90 Å². The molecule has 0 aliphatic carbocycles. The summed E-state index contributed by atoms with van der Waals surface area (Å²) in [7, 11) is 0. The van der Waals surface area contributed by atoms with E-state index in [1.165, 1.54) is 0 Å². The Kier molecular flexibility index (Phi) is 8.41. The number of terminal acetylenes is 1.